The highest BCUT2D eigenvalue weighted by atomic mass is 35.5. The van der Waals surface area contributed by atoms with Crippen LogP contribution in [0.15, 0.2) is 12.1 Å². The summed E-state index contributed by atoms with van der Waals surface area (Å²) in [7, 11) is 1.62. The van der Waals surface area contributed by atoms with Crippen LogP contribution in [0.5, 0.6) is 0 Å². The largest absolute Gasteiger partial charge is 0.339 e. The van der Waals surface area contributed by atoms with Crippen molar-refractivity contribution >= 4 is 29.9 Å². The fraction of sp³-hybridized carbons (Fsp3) is 0.462. The number of halogens is 4. The third-order valence-corrected chi connectivity index (χ3v) is 3.71. The van der Waals surface area contributed by atoms with Crippen molar-refractivity contribution in [3.8, 4) is 0 Å². The molecule has 0 atom stereocenters. The number of benzene rings is 1. The number of nitrogens with one attached hydrogen (secondary N) is 1. The van der Waals surface area contributed by atoms with Crippen molar-refractivity contribution in [1.82, 2.24) is 10.2 Å². The molecule has 1 saturated heterocycles. The van der Waals surface area contributed by atoms with Crippen molar-refractivity contribution in [2.75, 3.05) is 20.1 Å². The van der Waals surface area contributed by atoms with Gasteiger partial charge in [0.1, 0.15) is 11.6 Å². The van der Waals surface area contributed by atoms with Crippen molar-refractivity contribution in [3.05, 3.63) is 34.4 Å². The third kappa shape index (κ3) is 3.59. The smallest absolute Gasteiger partial charge is 0.256 e. The first-order valence-corrected chi connectivity index (χ1v) is 6.51. The molecule has 7 heteroatoms. The lowest BCUT2D eigenvalue weighted by atomic mass is 10.0. The Morgan fingerprint density at radius 3 is 2.50 bits per heavy atom. The average Bonchev–Trinajstić information content (AvgIpc) is 2.42. The Morgan fingerprint density at radius 2 is 1.90 bits per heavy atom. The van der Waals surface area contributed by atoms with Gasteiger partial charge < -0.3 is 10.2 Å². The van der Waals surface area contributed by atoms with Crippen LogP contribution in [0.4, 0.5) is 8.78 Å². The lowest BCUT2D eigenvalue weighted by Crippen LogP contribution is -2.44. The van der Waals surface area contributed by atoms with E-state index in [9.17, 15) is 13.6 Å². The molecule has 0 spiro atoms. The maximum absolute atomic E-state index is 13.7. The number of amides is 1. The molecule has 1 aromatic carbocycles. The van der Waals surface area contributed by atoms with Crippen LogP contribution < -0.4 is 5.32 Å². The molecule has 1 heterocycles. The maximum atomic E-state index is 13.7. The highest BCUT2D eigenvalue weighted by molar-refractivity contribution is 6.30. The van der Waals surface area contributed by atoms with E-state index in [2.05, 4.69) is 5.32 Å². The maximum Gasteiger partial charge on any atom is 0.256 e. The Kier molecular flexibility index (Phi) is 6.17. The van der Waals surface area contributed by atoms with Crippen LogP contribution in [0.3, 0.4) is 0 Å². The van der Waals surface area contributed by atoms with Crippen LogP contribution >= 0.6 is 24.0 Å². The van der Waals surface area contributed by atoms with Crippen LogP contribution in [0.25, 0.3) is 0 Å². The molecule has 0 unspecified atom stereocenters. The topological polar surface area (TPSA) is 32.3 Å². The first-order valence-electron chi connectivity index (χ1n) is 6.13. The Hall–Kier alpha value is -0.910. The van der Waals surface area contributed by atoms with Gasteiger partial charge in [0, 0.05) is 13.1 Å². The lowest BCUT2D eigenvalue weighted by molar-refractivity contribution is 0.0698. The van der Waals surface area contributed by atoms with Gasteiger partial charge in [0.2, 0.25) is 0 Å². The third-order valence-electron chi connectivity index (χ3n) is 3.42. The van der Waals surface area contributed by atoms with Crippen molar-refractivity contribution < 1.29 is 13.6 Å². The van der Waals surface area contributed by atoms with Crippen LogP contribution in [0, 0.1) is 11.6 Å². The van der Waals surface area contributed by atoms with E-state index in [0.717, 1.165) is 38.1 Å². The molecule has 112 valence electrons. The Bertz CT molecular complexity index is 494. The van der Waals surface area contributed by atoms with Gasteiger partial charge in [-0.05, 0) is 38.1 Å². The summed E-state index contributed by atoms with van der Waals surface area (Å²) in [6, 6.07) is 1.74. The number of carbonyl (C=O) groups is 1. The van der Waals surface area contributed by atoms with E-state index < -0.39 is 17.5 Å². The number of piperidine rings is 1. The van der Waals surface area contributed by atoms with Gasteiger partial charge in [-0.2, -0.15) is 0 Å². The number of nitrogens with zero attached hydrogens (tertiary/aromatic N) is 1. The predicted octanol–water partition coefficient (Wildman–Crippen LogP) is 2.86. The van der Waals surface area contributed by atoms with Gasteiger partial charge in [-0.25, -0.2) is 8.78 Å². The number of carbonyl (C=O) groups excluding carboxylic acids is 1. The summed E-state index contributed by atoms with van der Waals surface area (Å²) in [4.78, 5) is 13.7. The van der Waals surface area contributed by atoms with Crippen molar-refractivity contribution in [2.24, 2.45) is 0 Å². The van der Waals surface area contributed by atoms with Gasteiger partial charge in [0.05, 0.1) is 10.6 Å². The predicted molar refractivity (Wildman–Crippen MR) is 76.6 cm³/mol. The Morgan fingerprint density at radius 1 is 1.30 bits per heavy atom. The molecule has 1 N–H and O–H groups in total. The molecule has 20 heavy (non-hydrogen) atoms. The molecule has 1 aliphatic rings. The van der Waals surface area contributed by atoms with Crippen LogP contribution in [0.2, 0.25) is 5.02 Å². The molecule has 1 amide bonds. The first-order chi connectivity index (χ1) is 9.00. The van der Waals surface area contributed by atoms with Gasteiger partial charge >= 0.3 is 0 Å². The second-order valence-electron chi connectivity index (χ2n) is 4.64. The minimum absolute atomic E-state index is 0. The molecule has 0 saturated carbocycles. The highest BCUT2D eigenvalue weighted by Gasteiger charge is 2.25. The standard InChI is InChI=1S/C13H15ClF2N2O.ClH/c1-18(8-2-4-17-5-3-8)13(19)9-6-12(16)10(14)7-11(9)15;/h6-8,17H,2-5H2,1H3;1H. The molecule has 0 aromatic heterocycles. The summed E-state index contributed by atoms with van der Waals surface area (Å²) in [5.41, 5.74) is -0.275. The van der Waals surface area contributed by atoms with Gasteiger partial charge in [-0.1, -0.05) is 11.6 Å². The summed E-state index contributed by atoms with van der Waals surface area (Å²) < 4.78 is 27.0. The SMILES string of the molecule is CN(C(=O)c1cc(F)c(Cl)cc1F)C1CCNCC1.Cl. The Balaban J connectivity index is 0.00000200. The van der Waals surface area contributed by atoms with Crippen LogP contribution in [-0.4, -0.2) is 37.0 Å². The molecular formula is C13H16Cl2F2N2O. The lowest BCUT2D eigenvalue weighted by Gasteiger charge is -2.31. The van der Waals surface area contributed by atoms with Crippen molar-refractivity contribution in [3.63, 3.8) is 0 Å². The van der Waals surface area contributed by atoms with Crippen molar-refractivity contribution in [1.29, 1.82) is 0 Å². The highest BCUT2D eigenvalue weighted by Crippen LogP contribution is 2.22. The minimum Gasteiger partial charge on any atom is -0.339 e. The van der Waals surface area contributed by atoms with Crippen LogP contribution in [-0.2, 0) is 0 Å². The van der Waals surface area contributed by atoms with E-state index >= 15 is 0 Å². The van der Waals surface area contributed by atoms with E-state index in [-0.39, 0.29) is 29.0 Å². The summed E-state index contributed by atoms with van der Waals surface area (Å²) in [5.74, 6) is -2.10. The van der Waals surface area contributed by atoms with Gasteiger partial charge in [0.25, 0.3) is 5.91 Å². The number of rotatable bonds is 2. The van der Waals surface area contributed by atoms with E-state index in [1.807, 2.05) is 0 Å². The number of hydrogen-bond donors (Lipinski definition) is 1. The summed E-state index contributed by atoms with van der Waals surface area (Å²) >= 11 is 5.47. The van der Waals surface area contributed by atoms with Crippen LogP contribution in [0.1, 0.15) is 23.2 Å². The van der Waals surface area contributed by atoms with E-state index in [1.54, 1.807) is 7.05 Å². The summed E-state index contributed by atoms with van der Waals surface area (Å²) in [5, 5.41) is 2.87. The monoisotopic (exact) mass is 324 g/mol. The zero-order valence-corrected chi connectivity index (χ0v) is 12.5. The molecular weight excluding hydrogens is 309 g/mol. The molecule has 0 bridgehead atoms. The van der Waals surface area contributed by atoms with E-state index in [0.29, 0.717) is 0 Å². The fourth-order valence-electron chi connectivity index (χ4n) is 2.24. The zero-order valence-electron chi connectivity index (χ0n) is 11.0. The second-order valence-corrected chi connectivity index (χ2v) is 5.05. The molecule has 1 aromatic rings. The summed E-state index contributed by atoms with van der Waals surface area (Å²) in [6.45, 7) is 1.64. The fourth-order valence-corrected chi connectivity index (χ4v) is 2.39. The average molecular weight is 325 g/mol. The van der Waals surface area contributed by atoms with E-state index in [1.165, 1.54) is 4.90 Å². The van der Waals surface area contributed by atoms with Crippen molar-refractivity contribution in [2.45, 2.75) is 18.9 Å². The molecule has 3 nitrogen and oxygen atoms in total. The molecule has 1 fully saturated rings. The quantitative estimate of drug-likeness (QED) is 0.848. The molecule has 0 aliphatic carbocycles. The Labute approximate surface area is 127 Å². The van der Waals surface area contributed by atoms with Gasteiger partial charge in [-0.3, -0.25) is 4.79 Å². The van der Waals surface area contributed by atoms with E-state index in [4.69, 9.17) is 11.6 Å². The summed E-state index contributed by atoms with van der Waals surface area (Å²) in [6.07, 6.45) is 1.61. The molecule has 1 aliphatic heterocycles. The number of hydrogen-bond acceptors (Lipinski definition) is 2. The van der Waals surface area contributed by atoms with Gasteiger partial charge in [0.15, 0.2) is 0 Å². The molecule has 0 radical (unpaired) electrons. The normalized spacial score (nSPS) is 15.6. The second kappa shape index (κ2) is 7.20. The first kappa shape index (κ1) is 17.1. The molecule has 2 rings (SSSR count). The minimum atomic E-state index is -0.794. The van der Waals surface area contributed by atoms with Gasteiger partial charge in [-0.15, -0.1) is 12.4 Å². The zero-order chi connectivity index (χ0) is 14.0.